The highest BCUT2D eigenvalue weighted by molar-refractivity contribution is 5.86. The van der Waals surface area contributed by atoms with Crippen LogP contribution in [0.1, 0.15) is 13.2 Å². The number of aliphatic hydroxyl groups is 4. The van der Waals surface area contributed by atoms with Crippen molar-refractivity contribution in [3.05, 3.63) is 12.7 Å². The van der Waals surface area contributed by atoms with E-state index in [1.165, 1.54) is 17.8 Å². The quantitative estimate of drug-likeness (QED) is 0.321. The number of aliphatic carboxylic acids is 1. The van der Waals surface area contributed by atoms with Crippen LogP contribution < -0.4 is 5.32 Å². The van der Waals surface area contributed by atoms with Gasteiger partial charge in [0.25, 0.3) is 0 Å². The van der Waals surface area contributed by atoms with E-state index < -0.39 is 49.3 Å². The lowest BCUT2D eigenvalue weighted by Gasteiger charge is -2.18. The van der Waals surface area contributed by atoms with E-state index in [0.29, 0.717) is 0 Å². The Morgan fingerprint density at radius 1 is 1.35 bits per heavy atom. The van der Waals surface area contributed by atoms with Crippen LogP contribution in [0.15, 0.2) is 12.7 Å². The summed E-state index contributed by atoms with van der Waals surface area (Å²) in [4.78, 5) is 23.4. The molecule has 26 heavy (non-hydrogen) atoms. The van der Waals surface area contributed by atoms with Gasteiger partial charge in [-0.25, -0.2) is 19.7 Å². The zero-order chi connectivity index (χ0) is 19.0. The maximum Gasteiger partial charge on any atom is 0.328 e. The molecule has 2 aromatic rings. The molecule has 0 aromatic carbocycles. The molecule has 12 heteroatoms. The van der Waals surface area contributed by atoms with E-state index in [1.54, 1.807) is 0 Å². The molecule has 1 saturated heterocycles. The van der Waals surface area contributed by atoms with Gasteiger partial charge in [-0.3, -0.25) is 4.57 Å². The van der Waals surface area contributed by atoms with Crippen molar-refractivity contribution in [3.63, 3.8) is 0 Å². The number of hydrogen-bond donors (Lipinski definition) is 6. The van der Waals surface area contributed by atoms with Crippen LogP contribution in [0.3, 0.4) is 0 Å². The predicted molar refractivity (Wildman–Crippen MR) is 85.1 cm³/mol. The number of fused-ring (bicyclic) bond motifs is 1. The van der Waals surface area contributed by atoms with Crippen LogP contribution in [-0.2, 0) is 9.53 Å². The summed E-state index contributed by atoms with van der Waals surface area (Å²) in [7, 11) is 0. The molecular formula is C14H19N5O7. The summed E-state index contributed by atoms with van der Waals surface area (Å²) in [5.74, 6) is -1.19. The Bertz CT molecular complexity index is 797. The second-order valence-electron chi connectivity index (χ2n) is 5.98. The van der Waals surface area contributed by atoms with Gasteiger partial charge in [0.15, 0.2) is 29.3 Å². The summed E-state index contributed by atoms with van der Waals surface area (Å²) in [6.45, 7) is 0.847. The molecule has 2 unspecified atom stereocenters. The molecular weight excluding hydrogens is 350 g/mol. The molecule has 6 N–H and O–H groups in total. The maximum atomic E-state index is 11.2. The molecule has 6 atom stereocenters. The minimum Gasteiger partial charge on any atom is -0.480 e. The number of nitrogens with zero attached hydrogens (tertiary/aromatic N) is 4. The Morgan fingerprint density at radius 3 is 2.65 bits per heavy atom. The highest BCUT2D eigenvalue weighted by Crippen LogP contribution is 2.32. The number of rotatable bonds is 6. The van der Waals surface area contributed by atoms with Gasteiger partial charge in [0.2, 0.25) is 0 Å². The van der Waals surface area contributed by atoms with Gasteiger partial charge in [0.05, 0.1) is 19.0 Å². The van der Waals surface area contributed by atoms with Gasteiger partial charge in [-0.1, -0.05) is 0 Å². The summed E-state index contributed by atoms with van der Waals surface area (Å²) in [5.41, 5.74) is 0.407. The average molecular weight is 369 g/mol. The standard InChI is InChI=1S/C14H19N5O7/c1-5(21)7(14(24)25)18-11-8-12(16-3-15-11)19(4-17-8)13-10(23)9(22)6(2-20)26-13/h3-7,9-10,13,20-23H,2H2,1H3,(H,24,25)(H,15,16,18)/t5?,6-,7-,9?,10+,13-/m1/s1. The third-order valence-corrected chi connectivity index (χ3v) is 4.19. The van der Waals surface area contributed by atoms with Gasteiger partial charge in [-0.15, -0.1) is 0 Å². The molecule has 0 amide bonds. The number of aliphatic hydroxyl groups excluding tert-OH is 4. The van der Waals surface area contributed by atoms with Crippen molar-refractivity contribution in [2.24, 2.45) is 0 Å². The van der Waals surface area contributed by atoms with E-state index in [-0.39, 0.29) is 17.0 Å². The van der Waals surface area contributed by atoms with Crippen LogP contribution in [0.2, 0.25) is 0 Å². The molecule has 0 saturated carbocycles. The molecule has 1 fully saturated rings. The first-order valence-electron chi connectivity index (χ1n) is 7.82. The first kappa shape index (κ1) is 18.4. The molecule has 2 aromatic heterocycles. The maximum absolute atomic E-state index is 11.2. The summed E-state index contributed by atoms with van der Waals surface area (Å²) in [5, 5.41) is 50.6. The summed E-state index contributed by atoms with van der Waals surface area (Å²) < 4.78 is 6.79. The van der Waals surface area contributed by atoms with Gasteiger partial charge in [-0.2, -0.15) is 0 Å². The van der Waals surface area contributed by atoms with Crippen LogP contribution in [0.4, 0.5) is 5.82 Å². The van der Waals surface area contributed by atoms with Crippen molar-refractivity contribution >= 4 is 23.0 Å². The van der Waals surface area contributed by atoms with E-state index in [2.05, 4.69) is 20.3 Å². The van der Waals surface area contributed by atoms with Crippen LogP contribution in [0.25, 0.3) is 11.2 Å². The van der Waals surface area contributed by atoms with Crippen LogP contribution in [-0.4, -0.2) is 88.1 Å². The van der Waals surface area contributed by atoms with Crippen LogP contribution in [0, 0.1) is 0 Å². The van der Waals surface area contributed by atoms with Crippen molar-refractivity contribution in [2.75, 3.05) is 11.9 Å². The topological polar surface area (TPSA) is 183 Å². The number of hydrogen-bond acceptors (Lipinski definition) is 10. The van der Waals surface area contributed by atoms with Gasteiger partial charge in [-0.05, 0) is 6.92 Å². The molecule has 3 rings (SSSR count). The largest absolute Gasteiger partial charge is 0.480 e. The zero-order valence-corrected chi connectivity index (χ0v) is 13.7. The van der Waals surface area contributed by atoms with Crippen molar-refractivity contribution in [2.45, 2.75) is 43.6 Å². The van der Waals surface area contributed by atoms with E-state index >= 15 is 0 Å². The first-order valence-corrected chi connectivity index (χ1v) is 7.82. The molecule has 0 bridgehead atoms. The first-order chi connectivity index (χ1) is 12.3. The number of carboxylic acid groups (broad SMARTS) is 1. The summed E-state index contributed by atoms with van der Waals surface area (Å²) >= 11 is 0. The highest BCUT2D eigenvalue weighted by atomic mass is 16.6. The molecule has 1 aliphatic rings. The second kappa shape index (κ2) is 7.09. The predicted octanol–water partition coefficient (Wildman–Crippen LogP) is -2.32. The number of anilines is 1. The Labute approximate surface area is 146 Å². The third kappa shape index (κ3) is 3.08. The molecule has 12 nitrogen and oxygen atoms in total. The number of aromatic nitrogens is 4. The summed E-state index contributed by atoms with van der Waals surface area (Å²) in [6.07, 6.45) is -3.34. The number of nitrogens with one attached hydrogen (secondary N) is 1. The molecule has 3 heterocycles. The molecule has 0 spiro atoms. The van der Waals surface area contributed by atoms with Crippen molar-refractivity contribution in [1.29, 1.82) is 0 Å². The second-order valence-corrected chi connectivity index (χ2v) is 5.98. The molecule has 0 aliphatic carbocycles. The van der Waals surface area contributed by atoms with E-state index in [9.17, 15) is 30.3 Å². The zero-order valence-electron chi connectivity index (χ0n) is 13.7. The fourth-order valence-corrected chi connectivity index (χ4v) is 2.79. The Morgan fingerprint density at radius 2 is 2.08 bits per heavy atom. The average Bonchev–Trinajstić information content (AvgIpc) is 3.14. The number of imidazole rings is 1. The number of ether oxygens (including phenoxy) is 1. The molecule has 1 aliphatic heterocycles. The van der Waals surface area contributed by atoms with Gasteiger partial charge >= 0.3 is 5.97 Å². The molecule has 0 radical (unpaired) electrons. The number of carboxylic acids is 1. The van der Waals surface area contributed by atoms with Crippen molar-refractivity contribution in [3.8, 4) is 0 Å². The van der Waals surface area contributed by atoms with Crippen LogP contribution >= 0.6 is 0 Å². The fraction of sp³-hybridized carbons (Fsp3) is 0.571. The Kier molecular flexibility index (Phi) is 5.02. The summed E-state index contributed by atoms with van der Waals surface area (Å²) in [6, 6.07) is -1.31. The van der Waals surface area contributed by atoms with E-state index in [4.69, 9.17) is 4.74 Å². The van der Waals surface area contributed by atoms with Gasteiger partial charge in [0.1, 0.15) is 24.6 Å². The van der Waals surface area contributed by atoms with Crippen molar-refractivity contribution in [1.82, 2.24) is 19.5 Å². The van der Waals surface area contributed by atoms with Gasteiger partial charge in [0, 0.05) is 0 Å². The third-order valence-electron chi connectivity index (χ3n) is 4.19. The van der Waals surface area contributed by atoms with E-state index in [0.717, 1.165) is 6.33 Å². The number of carbonyl (C=O) groups is 1. The lowest BCUT2D eigenvalue weighted by molar-refractivity contribution is -0.140. The van der Waals surface area contributed by atoms with Crippen molar-refractivity contribution < 1.29 is 35.1 Å². The lowest BCUT2D eigenvalue weighted by Crippen LogP contribution is -2.39. The SMILES string of the molecule is CC(O)[C@@H](Nc1ncnc2c1ncn2[C@@H]1O[C@H](CO)C(O)[C@@H]1O)C(=O)O. The lowest BCUT2D eigenvalue weighted by atomic mass is 10.1. The fourth-order valence-electron chi connectivity index (χ4n) is 2.79. The minimum atomic E-state index is -1.32. The Hall–Kier alpha value is -2.38. The minimum absolute atomic E-state index is 0.0776. The monoisotopic (exact) mass is 369 g/mol. The van der Waals surface area contributed by atoms with Crippen LogP contribution in [0.5, 0.6) is 0 Å². The van der Waals surface area contributed by atoms with Gasteiger partial charge < -0.3 is 35.6 Å². The normalized spacial score (nSPS) is 28.2. The smallest absolute Gasteiger partial charge is 0.328 e. The van der Waals surface area contributed by atoms with E-state index in [1.807, 2.05) is 0 Å². The highest BCUT2D eigenvalue weighted by Gasteiger charge is 2.44. The molecule has 142 valence electrons. The Balaban J connectivity index is 1.96.